The zero-order valence-electron chi connectivity index (χ0n) is 11.9. The fourth-order valence-corrected chi connectivity index (χ4v) is 2.96. The van der Waals surface area contributed by atoms with Crippen molar-refractivity contribution in [1.29, 1.82) is 0 Å². The van der Waals surface area contributed by atoms with E-state index in [0.29, 0.717) is 17.7 Å². The van der Waals surface area contributed by atoms with Crippen LogP contribution < -0.4 is 4.74 Å². The Morgan fingerprint density at radius 3 is 2.32 bits per heavy atom. The summed E-state index contributed by atoms with van der Waals surface area (Å²) in [6.45, 7) is 0. The van der Waals surface area contributed by atoms with Crippen LogP contribution in [-0.4, -0.2) is 29.3 Å². The third-order valence-corrected chi connectivity index (χ3v) is 3.99. The van der Waals surface area contributed by atoms with Crippen molar-refractivity contribution >= 4 is 11.9 Å². The smallest absolute Gasteiger partial charge is 0.337 e. The Balaban J connectivity index is 2.36. The molecule has 112 valence electrons. The van der Waals surface area contributed by atoms with E-state index in [2.05, 4.69) is 0 Å². The number of hydrogen-bond donors (Lipinski definition) is 2. The Hall–Kier alpha value is -2.82. The molecule has 2 N–H and O–H groups in total. The standard InChI is InChI=1S/C17H14O5/c1-22-11-6-4-9-2-3-10-5-7-12(16(18)19)15(17(20)21)14(10)13(9)8-11/h4-8H,2-3H2,1H3,(H,18,19)(H,20,21). The van der Waals surface area contributed by atoms with Crippen molar-refractivity contribution in [2.75, 3.05) is 7.11 Å². The van der Waals surface area contributed by atoms with E-state index in [1.54, 1.807) is 12.1 Å². The first-order chi connectivity index (χ1) is 10.5. The molecule has 0 saturated carbocycles. The minimum absolute atomic E-state index is 0.154. The minimum Gasteiger partial charge on any atom is -0.497 e. The van der Waals surface area contributed by atoms with Gasteiger partial charge in [-0.2, -0.15) is 0 Å². The highest BCUT2D eigenvalue weighted by Crippen LogP contribution is 2.39. The molecule has 5 nitrogen and oxygen atoms in total. The number of benzene rings is 2. The Morgan fingerprint density at radius 1 is 1.00 bits per heavy atom. The minimum atomic E-state index is -1.24. The second-order valence-corrected chi connectivity index (χ2v) is 5.16. The summed E-state index contributed by atoms with van der Waals surface area (Å²) in [7, 11) is 1.54. The van der Waals surface area contributed by atoms with Crippen LogP contribution in [0.15, 0.2) is 30.3 Å². The monoisotopic (exact) mass is 298 g/mol. The predicted octanol–water partition coefficient (Wildman–Crippen LogP) is 2.86. The molecule has 1 aliphatic carbocycles. The maximum atomic E-state index is 11.7. The number of carboxylic acid groups (broad SMARTS) is 2. The fraction of sp³-hybridized carbons (Fsp3) is 0.176. The molecule has 0 fully saturated rings. The number of aryl methyl sites for hydroxylation is 2. The summed E-state index contributed by atoms with van der Waals surface area (Å²) in [5.41, 5.74) is 2.73. The molecular weight excluding hydrogens is 284 g/mol. The van der Waals surface area contributed by atoms with E-state index in [0.717, 1.165) is 23.1 Å². The highest BCUT2D eigenvalue weighted by molar-refractivity contribution is 6.07. The van der Waals surface area contributed by atoms with Gasteiger partial charge in [0.2, 0.25) is 0 Å². The van der Waals surface area contributed by atoms with Gasteiger partial charge in [-0.3, -0.25) is 0 Å². The zero-order valence-corrected chi connectivity index (χ0v) is 11.9. The van der Waals surface area contributed by atoms with Crippen LogP contribution in [0.3, 0.4) is 0 Å². The number of carbonyl (C=O) groups is 2. The number of rotatable bonds is 3. The molecule has 0 aliphatic heterocycles. The number of ether oxygens (including phenoxy) is 1. The summed E-state index contributed by atoms with van der Waals surface area (Å²) in [4.78, 5) is 23.0. The molecule has 0 unspecified atom stereocenters. The van der Waals surface area contributed by atoms with Crippen molar-refractivity contribution in [3.8, 4) is 16.9 Å². The van der Waals surface area contributed by atoms with Crippen LogP contribution in [0.2, 0.25) is 0 Å². The largest absolute Gasteiger partial charge is 0.497 e. The zero-order chi connectivity index (χ0) is 15.9. The Labute approximate surface area is 126 Å². The maximum absolute atomic E-state index is 11.7. The maximum Gasteiger partial charge on any atom is 0.337 e. The van der Waals surface area contributed by atoms with E-state index in [4.69, 9.17) is 4.74 Å². The normalized spacial score (nSPS) is 12.2. The quantitative estimate of drug-likeness (QED) is 0.910. The highest BCUT2D eigenvalue weighted by Gasteiger charge is 2.27. The van der Waals surface area contributed by atoms with Gasteiger partial charge in [-0.1, -0.05) is 12.1 Å². The van der Waals surface area contributed by atoms with Crippen LogP contribution in [0.4, 0.5) is 0 Å². The summed E-state index contributed by atoms with van der Waals surface area (Å²) in [5.74, 6) is -1.86. The van der Waals surface area contributed by atoms with Crippen LogP contribution in [0, 0.1) is 0 Å². The first-order valence-electron chi connectivity index (χ1n) is 6.82. The van der Waals surface area contributed by atoms with Gasteiger partial charge in [0, 0.05) is 5.56 Å². The van der Waals surface area contributed by atoms with Gasteiger partial charge in [-0.05, 0) is 47.7 Å². The van der Waals surface area contributed by atoms with E-state index in [1.165, 1.54) is 13.2 Å². The molecule has 0 heterocycles. The molecule has 0 spiro atoms. The number of hydrogen-bond acceptors (Lipinski definition) is 3. The summed E-state index contributed by atoms with van der Waals surface area (Å²) >= 11 is 0. The Morgan fingerprint density at radius 2 is 1.68 bits per heavy atom. The summed E-state index contributed by atoms with van der Waals surface area (Å²) in [5, 5.41) is 18.8. The lowest BCUT2D eigenvalue weighted by Gasteiger charge is -2.23. The van der Waals surface area contributed by atoms with Gasteiger partial charge >= 0.3 is 11.9 Å². The molecule has 0 aromatic heterocycles. The van der Waals surface area contributed by atoms with Gasteiger partial charge in [0.1, 0.15) is 5.75 Å². The third-order valence-electron chi connectivity index (χ3n) is 3.99. The van der Waals surface area contributed by atoms with Gasteiger partial charge in [0.05, 0.1) is 18.2 Å². The summed E-state index contributed by atoms with van der Waals surface area (Å²) in [6, 6.07) is 8.57. The van der Waals surface area contributed by atoms with Crippen LogP contribution in [0.1, 0.15) is 31.8 Å². The van der Waals surface area contributed by atoms with Crippen molar-refractivity contribution in [1.82, 2.24) is 0 Å². The first kappa shape index (κ1) is 14.1. The molecule has 22 heavy (non-hydrogen) atoms. The molecule has 0 radical (unpaired) electrons. The van der Waals surface area contributed by atoms with E-state index < -0.39 is 11.9 Å². The Bertz CT molecular complexity index is 792. The molecule has 2 aromatic rings. The average Bonchev–Trinajstić information content (AvgIpc) is 2.52. The molecule has 0 amide bonds. The second-order valence-electron chi connectivity index (χ2n) is 5.16. The third kappa shape index (κ3) is 2.11. The van der Waals surface area contributed by atoms with Crippen LogP contribution >= 0.6 is 0 Å². The van der Waals surface area contributed by atoms with Gasteiger partial charge < -0.3 is 14.9 Å². The van der Waals surface area contributed by atoms with Crippen molar-refractivity contribution in [2.45, 2.75) is 12.8 Å². The number of carboxylic acids is 2. The fourth-order valence-electron chi connectivity index (χ4n) is 2.96. The highest BCUT2D eigenvalue weighted by atomic mass is 16.5. The molecule has 0 atom stereocenters. The SMILES string of the molecule is COc1ccc2c(c1)-c1c(ccc(C(=O)O)c1C(=O)O)CC2. The average molecular weight is 298 g/mol. The molecule has 0 saturated heterocycles. The van der Waals surface area contributed by atoms with E-state index in [1.807, 2.05) is 12.1 Å². The van der Waals surface area contributed by atoms with E-state index in [-0.39, 0.29) is 11.1 Å². The van der Waals surface area contributed by atoms with Gasteiger partial charge in [0.15, 0.2) is 0 Å². The lowest BCUT2D eigenvalue weighted by atomic mass is 9.81. The van der Waals surface area contributed by atoms with Gasteiger partial charge in [-0.15, -0.1) is 0 Å². The number of aromatic carboxylic acids is 2. The number of fused-ring (bicyclic) bond motifs is 3. The first-order valence-corrected chi connectivity index (χ1v) is 6.82. The molecule has 3 rings (SSSR count). The van der Waals surface area contributed by atoms with Crippen molar-refractivity contribution < 1.29 is 24.5 Å². The van der Waals surface area contributed by atoms with Gasteiger partial charge in [0.25, 0.3) is 0 Å². The van der Waals surface area contributed by atoms with Crippen molar-refractivity contribution in [3.05, 3.63) is 52.6 Å². The molecular formula is C17H14O5. The molecule has 2 aromatic carbocycles. The lowest BCUT2D eigenvalue weighted by molar-refractivity contribution is 0.0652. The second kappa shape index (κ2) is 5.18. The van der Waals surface area contributed by atoms with Crippen molar-refractivity contribution in [3.63, 3.8) is 0 Å². The van der Waals surface area contributed by atoms with E-state index in [9.17, 15) is 19.8 Å². The molecule has 5 heteroatoms. The summed E-state index contributed by atoms with van der Waals surface area (Å²) < 4.78 is 5.21. The van der Waals surface area contributed by atoms with Crippen LogP contribution in [0.25, 0.3) is 11.1 Å². The predicted molar refractivity (Wildman–Crippen MR) is 79.8 cm³/mol. The van der Waals surface area contributed by atoms with Crippen molar-refractivity contribution in [2.24, 2.45) is 0 Å². The van der Waals surface area contributed by atoms with Crippen LogP contribution in [-0.2, 0) is 12.8 Å². The topological polar surface area (TPSA) is 83.8 Å². The van der Waals surface area contributed by atoms with E-state index >= 15 is 0 Å². The summed E-state index contributed by atoms with van der Waals surface area (Å²) in [6.07, 6.45) is 1.48. The Kier molecular flexibility index (Phi) is 3.33. The van der Waals surface area contributed by atoms with Gasteiger partial charge in [-0.25, -0.2) is 9.59 Å². The molecule has 1 aliphatic rings. The van der Waals surface area contributed by atoms with Crippen LogP contribution in [0.5, 0.6) is 5.75 Å². The molecule has 0 bridgehead atoms. The lowest BCUT2D eigenvalue weighted by Crippen LogP contribution is -2.15. The number of methoxy groups -OCH3 is 1.